The van der Waals surface area contributed by atoms with E-state index in [2.05, 4.69) is 20.2 Å². The van der Waals surface area contributed by atoms with Gasteiger partial charge in [-0.25, -0.2) is 9.97 Å². The molecule has 1 aliphatic heterocycles. The van der Waals surface area contributed by atoms with Crippen molar-refractivity contribution in [3.8, 4) is 0 Å². The van der Waals surface area contributed by atoms with Gasteiger partial charge in [0.2, 0.25) is 5.91 Å². The van der Waals surface area contributed by atoms with Crippen LogP contribution in [0.25, 0.3) is 10.2 Å². The summed E-state index contributed by atoms with van der Waals surface area (Å²) in [7, 11) is 0. The Morgan fingerprint density at radius 1 is 1.12 bits per heavy atom. The van der Waals surface area contributed by atoms with Crippen LogP contribution in [0.5, 0.6) is 0 Å². The average Bonchev–Trinajstić information content (AvgIpc) is 2.91. The third kappa shape index (κ3) is 3.71. The zero-order chi connectivity index (χ0) is 18.8. The van der Waals surface area contributed by atoms with Gasteiger partial charge in [-0.2, -0.15) is 0 Å². The lowest BCUT2D eigenvalue weighted by molar-refractivity contribution is -0.122. The van der Waals surface area contributed by atoms with Crippen LogP contribution in [0.2, 0.25) is 0 Å². The van der Waals surface area contributed by atoms with Gasteiger partial charge in [-0.1, -0.05) is 0 Å². The number of aromatic nitrogens is 2. The number of nitrogens with one attached hydrogen (secondary N) is 1. The number of thiophene rings is 1. The monoisotopic (exact) mass is 375 g/mol. The van der Waals surface area contributed by atoms with E-state index in [0.29, 0.717) is 39.3 Å². The van der Waals surface area contributed by atoms with Crippen LogP contribution in [-0.2, 0) is 4.79 Å². The number of aryl methyl sites for hydroxylation is 3. The lowest BCUT2D eigenvalue weighted by Gasteiger charge is -2.34. The Hall–Kier alpha value is -2.06. The topological polar surface area (TPSA) is 78.4 Å². The van der Waals surface area contributed by atoms with Gasteiger partial charge in [0.15, 0.2) is 0 Å². The van der Waals surface area contributed by atoms with Crippen molar-refractivity contribution in [2.45, 2.75) is 27.7 Å². The van der Waals surface area contributed by atoms with Gasteiger partial charge in [-0.3, -0.25) is 14.5 Å². The Bertz CT molecular complexity index is 840. The largest absolute Gasteiger partial charge is 0.355 e. The zero-order valence-corrected chi connectivity index (χ0v) is 16.6. The highest BCUT2D eigenvalue weighted by Crippen LogP contribution is 2.32. The van der Waals surface area contributed by atoms with Gasteiger partial charge in [0, 0.05) is 43.8 Å². The number of hydrogen-bond donors (Lipinski definition) is 1. The molecule has 7 nitrogen and oxygen atoms in total. The van der Waals surface area contributed by atoms with Crippen LogP contribution in [-0.4, -0.2) is 70.9 Å². The first-order chi connectivity index (χ1) is 12.4. The lowest BCUT2D eigenvalue weighted by atomic mass is 10.1. The highest BCUT2D eigenvalue weighted by atomic mass is 32.1. The van der Waals surface area contributed by atoms with Gasteiger partial charge in [0.1, 0.15) is 10.7 Å². The molecule has 2 aromatic heterocycles. The minimum Gasteiger partial charge on any atom is -0.355 e. The summed E-state index contributed by atoms with van der Waals surface area (Å²) in [4.78, 5) is 39.2. The maximum atomic E-state index is 13.0. The lowest BCUT2D eigenvalue weighted by Crippen LogP contribution is -2.51. The molecule has 0 atom stereocenters. The van der Waals surface area contributed by atoms with E-state index in [4.69, 9.17) is 0 Å². The molecule has 2 aromatic rings. The molecule has 8 heteroatoms. The summed E-state index contributed by atoms with van der Waals surface area (Å²) in [5.74, 6) is 0.825. The van der Waals surface area contributed by atoms with Crippen molar-refractivity contribution in [2.75, 3.05) is 39.3 Å². The number of likely N-dealkylation sites (N-methyl/N-ethyl adjacent to an activating group) is 1. The van der Waals surface area contributed by atoms with Crippen LogP contribution in [0.15, 0.2) is 0 Å². The molecule has 1 fully saturated rings. The first kappa shape index (κ1) is 18.7. The number of carbonyl (C=O) groups is 2. The maximum absolute atomic E-state index is 13.0. The minimum absolute atomic E-state index is 0.0389. The molecule has 1 aliphatic rings. The molecule has 2 amide bonds. The van der Waals surface area contributed by atoms with Crippen LogP contribution in [0, 0.1) is 20.8 Å². The van der Waals surface area contributed by atoms with Gasteiger partial charge in [-0.15, -0.1) is 11.3 Å². The van der Waals surface area contributed by atoms with Crippen LogP contribution in [0.3, 0.4) is 0 Å². The third-order valence-corrected chi connectivity index (χ3v) is 5.85. The molecular formula is C18H25N5O2S. The van der Waals surface area contributed by atoms with E-state index in [9.17, 15) is 9.59 Å². The Morgan fingerprint density at radius 3 is 2.46 bits per heavy atom. The summed E-state index contributed by atoms with van der Waals surface area (Å²) < 4.78 is 0. The molecule has 0 unspecified atom stereocenters. The van der Waals surface area contributed by atoms with E-state index in [0.717, 1.165) is 32.2 Å². The predicted octanol–water partition coefficient (Wildman–Crippen LogP) is 1.51. The molecule has 1 saturated heterocycles. The summed E-state index contributed by atoms with van der Waals surface area (Å²) >= 11 is 1.45. The van der Waals surface area contributed by atoms with Gasteiger partial charge >= 0.3 is 0 Å². The zero-order valence-electron chi connectivity index (χ0n) is 15.8. The second kappa shape index (κ2) is 7.67. The Morgan fingerprint density at radius 2 is 1.81 bits per heavy atom. The maximum Gasteiger partial charge on any atom is 0.264 e. The quantitative estimate of drug-likeness (QED) is 0.876. The molecule has 26 heavy (non-hydrogen) atoms. The second-order valence-corrected chi connectivity index (χ2v) is 7.61. The van der Waals surface area contributed by atoms with E-state index in [-0.39, 0.29) is 11.8 Å². The minimum atomic E-state index is 0.0389. The standard InChI is InChI=1S/C18H25N5O2S/c1-5-19-14(24)10-22-6-8-23(9-7-22)18(25)16-11(2)15-12(3)20-13(4)21-17(15)26-16/h5-10H2,1-4H3,(H,19,24). The number of rotatable bonds is 4. The Balaban J connectivity index is 1.71. The fourth-order valence-electron chi connectivity index (χ4n) is 3.39. The van der Waals surface area contributed by atoms with Crippen LogP contribution in [0.4, 0.5) is 0 Å². The van der Waals surface area contributed by atoms with Crippen molar-refractivity contribution in [3.05, 3.63) is 22.0 Å². The van der Waals surface area contributed by atoms with E-state index in [1.165, 1.54) is 11.3 Å². The molecule has 1 N–H and O–H groups in total. The summed E-state index contributed by atoms with van der Waals surface area (Å²) in [6.07, 6.45) is 0. The molecule has 0 radical (unpaired) electrons. The highest BCUT2D eigenvalue weighted by molar-refractivity contribution is 7.20. The summed E-state index contributed by atoms with van der Waals surface area (Å²) in [6.45, 7) is 11.5. The average molecular weight is 375 g/mol. The summed E-state index contributed by atoms with van der Waals surface area (Å²) in [5, 5.41) is 3.81. The van der Waals surface area contributed by atoms with Crippen molar-refractivity contribution in [1.29, 1.82) is 0 Å². The molecule has 0 aliphatic carbocycles. The Kier molecular flexibility index (Phi) is 5.52. The molecule has 3 rings (SSSR count). The van der Waals surface area contributed by atoms with E-state index in [1.54, 1.807) is 0 Å². The normalized spacial score (nSPS) is 15.5. The molecule has 140 valence electrons. The van der Waals surface area contributed by atoms with E-state index < -0.39 is 0 Å². The molecule has 0 spiro atoms. The first-order valence-electron chi connectivity index (χ1n) is 8.93. The number of piperazine rings is 1. The second-order valence-electron chi connectivity index (χ2n) is 6.61. The van der Waals surface area contributed by atoms with E-state index >= 15 is 0 Å². The molecule has 0 bridgehead atoms. The van der Waals surface area contributed by atoms with Gasteiger partial charge in [-0.05, 0) is 33.3 Å². The van der Waals surface area contributed by atoms with Gasteiger partial charge in [0.05, 0.1) is 11.4 Å². The van der Waals surface area contributed by atoms with Crippen molar-refractivity contribution in [3.63, 3.8) is 0 Å². The third-order valence-electron chi connectivity index (χ3n) is 4.68. The molecular weight excluding hydrogens is 350 g/mol. The summed E-state index contributed by atoms with van der Waals surface area (Å²) in [5.41, 5.74) is 1.89. The number of hydrogen-bond acceptors (Lipinski definition) is 6. The number of amides is 2. The smallest absolute Gasteiger partial charge is 0.264 e. The van der Waals surface area contributed by atoms with Crippen LogP contribution >= 0.6 is 11.3 Å². The summed E-state index contributed by atoms with van der Waals surface area (Å²) in [6, 6.07) is 0. The van der Waals surface area contributed by atoms with Crippen LogP contribution < -0.4 is 5.32 Å². The highest BCUT2D eigenvalue weighted by Gasteiger charge is 2.26. The molecule has 3 heterocycles. The molecule has 0 saturated carbocycles. The predicted molar refractivity (Wildman–Crippen MR) is 103 cm³/mol. The number of carbonyl (C=O) groups excluding carboxylic acids is 2. The number of nitrogens with zero attached hydrogens (tertiary/aromatic N) is 4. The van der Waals surface area contributed by atoms with Crippen LogP contribution in [0.1, 0.15) is 33.7 Å². The Labute approximate surface area is 157 Å². The van der Waals surface area contributed by atoms with Gasteiger partial charge in [0.25, 0.3) is 5.91 Å². The fourth-order valence-corrected chi connectivity index (χ4v) is 4.63. The van der Waals surface area contributed by atoms with Crippen molar-refractivity contribution in [2.24, 2.45) is 0 Å². The molecule has 0 aromatic carbocycles. The van der Waals surface area contributed by atoms with E-state index in [1.807, 2.05) is 32.6 Å². The SMILES string of the molecule is CCNC(=O)CN1CCN(C(=O)c2sc3nc(C)nc(C)c3c2C)CC1. The first-order valence-corrected chi connectivity index (χ1v) is 9.75. The van der Waals surface area contributed by atoms with Crippen molar-refractivity contribution < 1.29 is 9.59 Å². The fraction of sp³-hybridized carbons (Fsp3) is 0.556. The van der Waals surface area contributed by atoms with Crippen molar-refractivity contribution in [1.82, 2.24) is 25.1 Å². The number of fused-ring (bicyclic) bond motifs is 1. The van der Waals surface area contributed by atoms with Crippen molar-refractivity contribution >= 4 is 33.4 Å². The van der Waals surface area contributed by atoms with Gasteiger partial charge < -0.3 is 10.2 Å².